The van der Waals surface area contributed by atoms with Crippen LogP contribution in [-0.2, 0) is 0 Å². The maximum Gasteiger partial charge on any atom is 0.267 e. The van der Waals surface area contributed by atoms with Crippen LogP contribution in [0.3, 0.4) is 0 Å². The molecule has 0 saturated carbocycles. The zero-order valence-corrected chi connectivity index (χ0v) is 12.8. The van der Waals surface area contributed by atoms with Gasteiger partial charge in [0.15, 0.2) is 11.5 Å². The number of rotatable bonds is 2. The lowest BCUT2D eigenvalue weighted by Crippen LogP contribution is -2.10. The highest BCUT2D eigenvalue weighted by atomic mass is 35.5. The minimum absolute atomic E-state index is 0.203. The molecule has 4 nitrogen and oxygen atoms in total. The Morgan fingerprint density at radius 3 is 2.82 bits per heavy atom. The van der Waals surface area contributed by atoms with E-state index in [1.54, 1.807) is 18.2 Å². The van der Waals surface area contributed by atoms with Crippen LogP contribution in [0, 0.1) is 0 Å². The first kappa shape index (κ1) is 13.4. The zero-order chi connectivity index (χ0) is 15.1. The third-order valence-corrected chi connectivity index (χ3v) is 5.05. The Bertz CT molecular complexity index is 890. The normalized spacial score (nSPS) is 12.6. The average molecular weight is 332 g/mol. The SMILES string of the molecule is O=C(Nc1ccc2c(c1)OCO2)c1sc2ccccc2c1Cl. The van der Waals surface area contributed by atoms with E-state index in [0.717, 1.165) is 10.1 Å². The molecule has 3 aromatic rings. The monoisotopic (exact) mass is 331 g/mol. The van der Waals surface area contributed by atoms with Crippen molar-refractivity contribution in [3.8, 4) is 11.5 Å². The van der Waals surface area contributed by atoms with Gasteiger partial charge in [0, 0.05) is 21.8 Å². The molecule has 0 radical (unpaired) electrons. The Kier molecular flexibility index (Phi) is 3.17. The number of benzene rings is 2. The van der Waals surface area contributed by atoms with Crippen LogP contribution in [0.25, 0.3) is 10.1 Å². The molecule has 0 saturated heterocycles. The van der Waals surface area contributed by atoms with Crippen LogP contribution in [0.4, 0.5) is 5.69 Å². The van der Waals surface area contributed by atoms with E-state index < -0.39 is 0 Å². The van der Waals surface area contributed by atoms with Gasteiger partial charge >= 0.3 is 0 Å². The number of nitrogens with one attached hydrogen (secondary N) is 1. The second-order valence-corrected chi connectivity index (χ2v) is 6.19. The summed E-state index contributed by atoms with van der Waals surface area (Å²) in [4.78, 5) is 12.9. The first-order valence-electron chi connectivity index (χ1n) is 6.60. The molecule has 1 aliphatic heterocycles. The van der Waals surface area contributed by atoms with Gasteiger partial charge in [-0.25, -0.2) is 0 Å². The fourth-order valence-corrected chi connectivity index (χ4v) is 3.73. The molecule has 6 heteroatoms. The summed E-state index contributed by atoms with van der Waals surface area (Å²) in [5.41, 5.74) is 0.641. The van der Waals surface area contributed by atoms with Crippen molar-refractivity contribution in [2.75, 3.05) is 12.1 Å². The quantitative estimate of drug-likeness (QED) is 0.750. The van der Waals surface area contributed by atoms with Crippen molar-refractivity contribution in [1.82, 2.24) is 0 Å². The third kappa shape index (κ3) is 2.19. The van der Waals surface area contributed by atoms with Gasteiger partial charge in [0.05, 0.1) is 5.02 Å². The van der Waals surface area contributed by atoms with E-state index in [4.69, 9.17) is 21.1 Å². The van der Waals surface area contributed by atoms with Crippen LogP contribution in [0.1, 0.15) is 9.67 Å². The summed E-state index contributed by atoms with van der Waals surface area (Å²) < 4.78 is 11.5. The molecule has 0 aliphatic carbocycles. The Labute approximate surface area is 135 Å². The number of hydrogen-bond donors (Lipinski definition) is 1. The Morgan fingerprint density at radius 1 is 1.14 bits per heavy atom. The van der Waals surface area contributed by atoms with Gasteiger partial charge in [-0.3, -0.25) is 4.79 Å². The first-order chi connectivity index (χ1) is 10.7. The summed E-state index contributed by atoms with van der Waals surface area (Å²) in [7, 11) is 0. The summed E-state index contributed by atoms with van der Waals surface area (Å²) >= 11 is 7.69. The first-order valence-corrected chi connectivity index (χ1v) is 7.80. The number of ether oxygens (including phenoxy) is 2. The second-order valence-electron chi connectivity index (χ2n) is 4.76. The molecule has 4 rings (SSSR count). The Morgan fingerprint density at radius 2 is 1.95 bits per heavy atom. The van der Waals surface area contributed by atoms with Crippen molar-refractivity contribution in [2.45, 2.75) is 0 Å². The number of halogens is 1. The number of amides is 1. The predicted molar refractivity (Wildman–Crippen MR) is 87.4 cm³/mol. The molecule has 1 aliphatic rings. The Hall–Kier alpha value is -2.24. The molecule has 1 N–H and O–H groups in total. The van der Waals surface area contributed by atoms with E-state index >= 15 is 0 Å². The lowest BCUT2D eigenvalue weighted by Gasteiger charge is -2.05. The summed E-state index contributed by atoms with van der Waals surface area (Å²) in [6.45, 7) is 0.203. The molecular formula is C16H10ClNO3S. The van der Waals surface area contributed by atoms with Gasteiger partial charge in [0.25, 0.3) is 5.91 Å². The highest BCUT2D eigenvalue weighted by Crippen LogP contribution is 2.37. The topological polar surface area (TPSA) is 47.6 Å². The van der Waals surface area contributed by atoms with E-state index in [2.05, 4.69) is 5.32 Å². The number of fused-ring (bicyclic) bond motifs is 2. The lowest BCUT2D eigenvalue weighted by atomic mass is 10.2. The minimum atomic E-state index is -0.231. The van der Waals surface area contributed by atoms with E-state index in [-0.39, 0.29) is 12.7 Å². The third-order valence-electron chi connectivity index (χ3n) is 3.37. The van der Waals surface area contributed by atoms with E-state index in [1.165, 1.54) is 11.3 Å². The molecule has 2 aromatic carbocycles. The summed E-state index contributed by atoms with van der Waals surface area (Å²) in [6, 6.07) is 13.0. The molecule has 0 atom stereocenters. The van der Waals surface area contributed by atoms with Crippen molar-refractivity contribution in [3.05, 3.63) is 52.4 Å². The number of thiophene rings is 1. The highest BCUT2D eigenvalue weighted by molar-refractivity contribution is 7.21. The molecule has 0 spiro atoms. The van der Waals surface area contributed by atoms with Gasteiger partial charge in [-0.05, 0) is 18.2 Å². The lowest BCUT2D eigenvalue weighted by molar-refractivity contribution is 0.103. The maximum absolute atomic E-state index is 12.4. The van der Waals surface area contributed by atoms with Gasteiger partial charge in [0.1, 0.15) is 4.88 Å². The van der Waals surface area contributed by atoms with Crippen LogP contribution >= 0.6 is 22.9 Å². The maximum atomic E-state index is 12.4. The van der Waals surface area contributed by atoms with Crippen LogP contribution in [-0.4, -0.2) is 12.7 Å². The number of carbonyl (C=O) groups is 1. The van der Waals surface area contributed by atoms with Gasteiger partial charge in [0.2, 0.25) is 6.79 Å². The molecule has 1 amide bonds. The zero-order valence-electron chi connectivity index (χ0n) is 11.3. The fraction of sp³-hybridized carbons (Fsp3) is 0.0625. The van der Waals surface area contributed by atoms with Crippen molar-refractivity contribution < 1.29 is 14.3 Å². The van der Waals surface area contributed by atoms with Crippen molar-refractivity contribution in [3.63, 3.8) is 0 Å². The van der Waals surface area contributed by atoms with E-state index in [9.17, 15) is 4.79 Å². The number of anilines is 1. The molecule has 0 fully saturated rings. The molecule has 0 bridgehead atoms. The standard InChI is InChI=1S/C16H10ClNO3S/c17-14-10-3-1-2-4-13(10)22-15(14)16(19)18-9-5-6-11-12(7-9)21-8-20-11/h1-7H,8H2,(H,18,19). The van der Waals surface area contributed by atoms with E-state index in [0.29, 0.717) is 27.1 Å². The van der Waals surface area contributed by atoms with Gasteiger partial charge < -0.3 is 14.8 Å². The smallest absolute Gasteiger partial charge is 0.267 e. The van der Waals surface area contributed by atoms with E-state index in [1.807, 2.05) is 24.3 Å². The van der Waals surface area contributed by atoms with Crippen molar-refractivity contribution >= 4 is 44.6 Å². The van der Waals surface area contributed by atoms with Crippen LogP contribution < -0.4 is 14.8 Å². The molecule has 22 heavy (non-hydrogen) atoms. The van der Waals surface area contributed by atoms with Crippen LogP contribution in [0.5, 0.6) is 11.5 Å². The largest absolute Gasteiger partial charge is 0.454 e. The highest BCUT2D eigenvalue weighted by Gasteiger charge is 2.18. The van der Waals surface area contributed by atoms with Gasteiger partial charge in [-0.15, -0.1) is 11.3 Å². The minimum Gasteiger partial charge on any atom is -0.454 e. The second kappa shape index (κ2) is 5.19. The number of carbonyl (C=O) groups excluding carboxylic acids is 1. The van der Waals surface area contributed by atoms with Crippen molar-refractivity contribution in [2.24, 2.45) is 0 Å². The predicted octanol–water partition coefficient (Wildman–Crippen LogP) is 4.54. The van der Waals surface area contributed by atoms with Crippen LogP contribution in [0.15, 0.2) is 42.5 Å². The Balaban J connectivity index is 1.65. The summed E-state index contributed by atoms with van der Waals surface area (Å²) in [5.74, 6) is 1.07. The summed E-state index contributed by atoms with van der Waals surface area (Å²) in [6.07, 6.45) is 0. The average Bonchev–Trinajstić information content (AvgIpc) is 3.12. The molecule has 2 heterocycles. The fourth-order valence-electron chi connectivity index (χ4n) is 2.32. The molecular weight excluding hydrogens is 322 g/mol. The molecule has 110 valence electrons. The molecule has 1 aromatic heterocycles. The van der Waals surface area contributed by atoms with Gasteiger partial charge in [-0.1, -0.05) is 29.8 Å². The van der Waals surface area contributed by atoms with Gasteiger partial charge in [-0.2, -0.15) is 0 Å². The number of hydrogen-bond acceptors (Lipinski definition) is 4. The molecule has 0 unspecified atom stereocenters. The summed E-state index contributed by atoms with van der Waals surface area (Å²) in [5, 5.41) is 4.22. The van der Waals surface area contributed by atoms with Crippen LogP contribution in [0.2, 0.25) is 5.02 Å². The van der Waals surface area contributed by atoms with Crippen molar-refractivity contribution in [1.29, 1.82) is 0 Å².